The van der Waals surface area contributed by atoms with Gasteiger partial charge in [-0.1, -0.05) is 18.2 Å². The molecule has 5 nitrogen and oxygen atoms in total. The van der Waals surface area contributed by atoms with Gasteiger partial charge >= 0.3 is 0 Å². The van der Waals surface area contributed by atoms with Crippen LogP contribution in [-0.4, -0.2) is 38.1 Å². The number of nitrogens with zero attached hydrogens (tertiary/aromatic N) is 3. The standard InChI is InChI=1S/C18H27N5S/c1-14-15(2)24-17(22-14)13-21-18(19-3)20-11-8-12-23(4)16-9-6-5-7-10-16/h5-7,9-10H,8,11-13H2,1-4H3,(H2,19,20,21). The zero-order valence-electron chi connectivity index (χ0n) is 15.0. The van der Waals surface area contributed by atoms with Crippen LogP contribution in [0.4, 0.5) is 5.69 Å². The third kappa shape index (κ3) is 5.53. The first-order valence-corrected chi connectivity index (χ1v) is 9.05. The number of nitrogens with one attached hydrogen (secondary N) is 2. The molecular formula is C18H27N5S. The van der Waals surface area contributed by atoms with E-state index in [-0.39, 0.29) is 0 Å². The van der Waals surface area contributed by atoms with Gasteiger partial charge in [0.2, 0.25) is 0 Å². The highest BCUT2D eigenvalue weighted by molar-refractivity contribution is 7.11. The van der Waals surface area contributed by atoms with Gasteiger partial charge in [-0.2, -0.15) is 0 Å². The lowest BCUT2D eigenvalue weighted by Gasteiger charge is -2.19. The number of hydrogen-bond donors (Lipinski definition) is 2. The van der Waals surface area contributed by atoms with E-state index in [9.17, 15) is 0 Å². The molecule has 0 aliphatic rings. The van der Waals surface area contributed by atoms with Gasteiger partial charge in [0.1, 0.15) is 5.01 Å². The van der Waals surface area contributed by atoms with Crippen molar-refractivity contribution in [1.29, 1.82) is 0 Å². The van der Waals surface area contributed by atoms with E-state index < -0.39 is 0 Å². The first-order chi connectivity index (χ1) is 11.6. The van der Waals surface area contributed by atoms with Crippen LogP contribution in [0.2, 0.25) is 0 Å². The van der Waals surface area contributed by atoms with Gasteiger partial charge in [0.05, 0.1) is 12.2 Å². The smallest absolute Gasteiger partial charge is 0.191 e. The van der Waals surface area contributed by atoms with E-state index in [1.165, 1.54) is 10.6 Å². The summed E-state index contributed by atoms with van der Waals surface area (Å²) >= 11 is 1.73. The van der Waals surface area contributed by atoms with Gasteiger partial charge in [-0.3, -0.25) is 4.99 Å². The van der Waals surface area contributed by atoms with Crippen molar-refractivity contribution >= 4 is 23.0 Å². The number of guanidine groups is 1. The molecule has 0 saturated heterocycles. The van der Waals surface area contributed by atoms with Crippen molar-refractivity contribution in [2.45, 2.75) is 26.8 Å². The number of anilines is 1. The molecule has 0 unspecified atom stereocenters. The highest BCUT2D eigenvalue weighted by atomic mass is 32.1. The highest BCUT2D eigenvalue weighted by Gasteiger charge is 2.05. The van der Waals surface area contributed by atoms with Crippen LogP contribution < -0.4 is 15.5 Å². The van der Waals surface area contributed by atoms with Gasteiger partial charge < -0.3 is 15.5 Å². The van der Waals surface area contributed by atoms with Crippen LogP contribution in [-0.2, 0) is 6.54 Å². The molecule has 0 aliphatic heterocycles. The SMILES string of the molecule is CN=C(NCCCN(C)c1ccccc1)NCc1nc(C)c(C)s1. The lowest BCUT2D eigenvalue weighted by Crippen LogP contribution is -2.38. The van der Waals surface area contributed by atoms with Crippen molar-refractivity contribution in [2.75, 3.05) is 32.1 Å². The van der Waals surface area contributed by atoms with E-state index >= 15 is 0 Å². The molecule has 6 heteroatoms. The molecule has 130 valence electrons. The van der Waals surface area contributed by atoms with Crippen LogP contribution in [0.1, 0.15) is 22.0 Å². The van der Waals surface area contributed by atoms with Gasteiger partial charge in [-0.15, -0.1) is 11.3 Å². The molecular weight excluding hydrogens is 318 g/mol. The van der Waals surface area contributed by atoms with Crippen molar-refractivity contribution in [3.05, 3.63) is 45.9 Å². The van der Waals surface area contributed by atoms with E-state index in [0.717, 1.165) is 36.2 Å². The van der Waals surface area contributed by atoms with Crippen LogP contribution in [0.3, 0.4) is 0 Å². The second-order valence-electron chi connectivity index (χ2n) is 5.71. The molecule has 24 heavy (non-hydrogen) atoms. The Bertz CT molecular complexity index is 631. The summed E-state index contributed by atoms with van der Waals surface area (Å²) in [6.07, 6.45) is 1.04. The van der Waals surface area contributed by atoms with Crippen LogP contribution in [0.15, 0.2) is 35.3 Å². The highest BCUT2D eigenvalue weighted by Crippen LogP contribution is 2.15. The summed E-state index contributed by atoms with van der Waals surface area (Å²) in [4.78, 5) is 12.3. The number of aromatic nitrogens is 1. The first kappa shape index (κ1) is 18.3. The third-order valence-electron chi connectivity index (χ3n) is 3.86. The number of benzene rings is 1. The number of aliphatic imine (C=N–C) groups is 1. The second-order valence-corrected chi connectivity index (χ2v) is 7.00. The lowest BCUT2D eigenvalue weighted by molar-refractivity contribution is 0.728. The Labute approximate surface area is 148 Å². The Morgan fingerprint density at radius 1 is 1.21 bits per heavy atom. The second kappa shape index (κ2) is 9.27. The predicted octanol–water partition coefficient (Wildman–Crippen LogP) is 2.95. The Balaban J connectivity index is 1.68. The van der Waals surface area contributed by atoms with Crippen LogP contribution in [0.25, 0.3) is 0 Å². The molecule has 1 aromatic carbocycles. The molecule has 1 aromatic heterocycles. The average Bonchev–Trinajstić information content (AvgIpc) is 2.93. The van der Waals surface area contributed by atoms with E-state index in [1.54, 1.807) is 18.4 Å². The molecule has 2 N–H and O–H groups in total. The average molecular weight is 346 g/mol. The molecule has 0 bridgehead atoms. The Morgan fingerprint density at radius 3 is 2.58 bits per heavy atom. The van der Waals surface area contributed by atoms with Gasteiger partial charge in [-0.05, 0) is 32.4 Å². The molecule has 0 fully saturated rings. The topological polar surface area (TPSA) is 52.6 Å². The fourth-order valence-corrected chi connectivity index (χ4v) is 3.20. The number of thiazole rings is 1. The minimum atomic E-state index is 0.711. The third-order valence-corrected chi connectivity index (χ3v) is 4.94. The predicted molar refractivity (Wildman–Crippen MR) is 104 cm³/mol. The van der Waals surface area contributed by atoms with Gasteiger partial charge in [-0.25, -0.2) is 4.98 Å². The minimum Gasteiger partial charge on any atom is -0.375 e. The van der Waals surface area contributed by atoms with Crippen molar-refractivity contribution in [3.8, 4) is 0 Å². The quantitative estimate of drug-likeness (QED) is 0.460. The maximum absolute atomic E-state index is 4.54. The fourth-order valence-electron chi connectivity index (χ4n) is 2.33. The van der Waals surface area contributed by atoms with Gasteiger partial charge in [0.15, 0.2) is 5.96 Å². The van der Waals surface area contributed by atoms with Crippen LogP contribution in [0.5, 0.6) is 0 Å². The first-order valence-electron chi connectivity index (χ1n) is 8.23. The summed E-state index contributed by atoms with van der Waals surface area (Å²) in [6, 6.07) is 10.4. The molecule has 0 radical (unpaired) electrons. The minimum absolute atomic E-state index is 0.711. The zero-order chi connectivity index (χ0) is 17.4. The Hall–Kier alpha value is -2.08. The van der Waals surface area contributed by atoms with E-state index in [2.05, 4.69) is 63.7 Å². The maximum Gasteiger partial charge on any atom is 0.191 e. The summed E-state index contributed by atoms with van der Waals surface area (Å²) < 4.78 is 0. The molecule has 0 aliphatic carbocycles. The summed E-state index contributed by atoms with van der Waals surface area (Å²) in [5, 5.41) is 7.77. The molecule has 0 saturated carbocycles. The Kier molecular flexibility index (Phi) is 7.06. The van der Waals surface area contributed by atoms with E-state index in [1.807, 2.05) is 13.0 Å². The van der Waals surface area contributed by atoms with Crippen molar-refractivity contribution < 1.29 is 0 Å². The van der Waals surface area contributed by atoms with Crippen molar-refractivity contribution in [2.24, 2.45) is 4.99 Å². The number of aryl methyl sites for hydroxylation is 2. The maximum atomic E-state index is 4.54. The zero-order valence-corrected chi connectivity index (χ0v) is 15.8. The summed E-state index contributed by atoms with van der Waals surface area (Å²) in [5.74, 6) is 0.822. The van der Waals surface area contributed by atoms with Crippen molar-refractivity contribution in [3.63, 3.8) is 0 Å². The number of hydrogen-bond acceptors (Lipinski definition) is 4. The Morgan fingerprint density at radius 2 is 1.96 bits per heavy atom. The number of para-hydroxylation sites is 1. The lowest BCUT2D eigenvalue weighted by atomic mass is 10.3. The molecule has 1 heterocycles. The van der Waals surface area contributed by atoms with Crippen LogP contribution in [0, 0.1) is 13.8 Å². The summed E-state index contributed by atoms with van der Waals surface area (Å²) in [6.45, 7) is 6.74. The van der Waals surface area contributed by atoms with Gasteiger partial charge in [0, 0.05) is 37.7 Å². The number of rotatable bonds is 7. The molecule has 0 amide bonds. The monoisotopic (exact) mass is 345 g/mol. The van der Waals surface area contributed by atoms with Crippen molar-refractivity contribution in [1.82, 2.24) is 15.6 Å². The molecule has 0 atom stereocenters. The van der Waals surface area contributed by atoms with Gasteiger partial charge in [0.25, 0.3) is 0 Å². The van der Waals surface area contributed by atoms with E-state index in [4.69, 9.17) is 0 Å². The molecule has 0 spiro atoms. The molecule has 2 rings (SSSR count). The molecule has 2 aromatic rings. The summed E-state index contributed by atoms with van der Waals surface area (Å²) in [7, 11) is 3.92. The summed E-state index contributed by atoms with van der Waals surface area (Å²) in [5.41, 5.74) is 2.36. The van der Waals surface area contributed by atoms with Crippen LogP contribution >= 0.6 is 11.3 Å². The largest absolute Gasteiger partial charge is 0.375 e. The van der Waals surface area contributed by atoms with E-state index in [0.29, 0.717) is 6.54 Å². The fraction of sp³-hybridized carbons (Fsp3) is 0.444. The normalized spacial score (nSPS) is 11.4.